The van der Waals surface area contributed by atoms with Gasteiger partial charge in [-0.15, -0.1) is 0 Å². The third-order valence-electron chi connectivity index (χ3n) is 3.65. The number of imidazole rings is 1. The van der Waals surface area contributed by atoms with Crippen molar-refractivity contribution in [2.75, 3.05) is 20.3 Å². The predicted molar refractivity (Wildman–Crippen MR) is 71.6 cm³/mol. The maximum atomic E-state index is 12.3. The lowest BCUT2D eigenvalue weighted by Gasteiger charge is -2.27. The molecule has 2 N–H and O–H groups in total. The summed E-state index contributed by atoms with van der Waals surface area (Å²) in [7, 11) is 1.56. The molecule has 19 heavy (non-hydrogen) atoms. The molecule has 1 aromatic heterocycles. The molecule has 0 aromatic carbocycles. The van der Waals surface area contributed by atoms with E-state index in [0.717, 1.165) is 31.8 Å². The van der Waals surface area contributed by atoms with Crippen molar-refractivity contribution in [1.29, 1.82) is 0 Å². The van der Waals surface area contributed by atoms with Crippen LogP contribution in [0.25, 0.3) is 0 Å². The second-order valence-electron chi connectivity index (χ2n) is 5.02. The zero-order valence-electron chi connectivity index (χ0n) is 11.6. The summed E-state index contributed by atoms with van der Waals surface area (Å²) in [6, 6.07) is -0.349. The molecule has 2 rings (SSSR count). The second-order valence-corrected chi connectivity index (χ2v) is 5.02. The lowest BCUT2D eigenvalue weighted by Crippen LogP contribution is -2.49. The number of amides is 1. The molecule has 1 saturated heterocycles. The highest BCUT2D eigenvalue weighted by Crippen LogP contribution is 2.20. The minimum Gasteiger partial charge on any atom is -0.383 e. The van der Waals surface area contributed by atoms with Gasteiger partial charge in [-0.05, 0) is 19.8 Å². The van der Waals surface area contributed by atoms with Crippen LogP contribution in [0.2, 0.25) is 0 Å². The van der Waals surface area contributed by atoms with Crippen LogP contribution in [0.4, 0.5) is 0 Å². The number of aromatic nitrogens is 2. The summed E-state index contributed by atoms with van der Waals surface area (Å²) in [5.41, 5.74) is 5.84. The third kappa shape index (κ3) is 3.13. The summed E-state index contributed by atoms with van der Waals surface area (Å²) < 4.78 is 7.04. The van der Waals surface area contributed by atoms with Crippen molar-refractivity contribution in [3.8, 4) is 0 Å². The van der Waals surface area contributed by atoms with E-state index in [0.29, 0.717) is 0 Å². The second kappa shape index (κ2) is 6.16. The Morgan fingerprint density at radius 3 is 3.11 bits per heavy atom. The average molecular weight is 266 g/mol. The maximum Gasteiger partial charge on any atom is 0.242 e. The van der Waals surface area contributed by atoms with Crippen molar-refractivity contribution >= 4 is 5.91 Å². The number of ether oxygens (including phenoxy) is 1. The van der Waals surface area contributed by atoms with Crippen LogP contribution in [0.1, 0.15) is 18.7 Å². The van der Waals surface area contributed by atoms with Crippen molar-refractivity contribution in [3.05, 3.63) is 18.2 Å². The van der Waals surface area contributed by atoms with Crippen LogP contribution in [0.5, 0.6) is 0 Å². The summed E-state index contributed by atoms with van der Waals surface area (Å²) in [4.78, 5) is 18.4. The molecule has 1 aromatic rings. The fourth-order valence-electron chi connectivity index (χ4n) is 2.60. The van der Waals surface area contributed by atoms with Crippen molar-refractivity contribution < 1.29 is 9.53 Å². The van der Waals surface area contributed by atoms with Crippen molar-refractivity contribution in [3.63, 3.8) is 0 Å². The molecule has 2 heterocycles. The number of methoxy groups -OCH3 is 1. The first-order valence-electron chi connectivity index (χ1n) is 6.66. The number of likely N-dealkylation sites (tertiary alicyclic amines) is 1. The summed E-state index contributed by atoms with van der Waals surface area (Å²) >= 11 is 0. The van der Waals surface area contributed by atoms with Gasteiger partial charge in [0, 0.05) is 38.6 Å². The van der Waals surface area contributed by atoms with E-state index in [4.69, 9.17) is 10.5 Å². The lowest BCUT2D eigenvalue weighted by atomic mass is 10.2. The Morgan fingerprint density at radius 1 is 1.68 bits per heavy atom. The summed E-state index contributed by atoms with van der Waals surface area (Å²) in [6.07, 6.45) is 5.78. The zero-order valence-corrected chi connectivity index (χ0v) is 11.6. The maximum absolute atomic E-state index is 12.3. The molecule has 2 unspecified atom stereocenters. The van der Waals surface area contributed by atoms with E-state index < -0.39 is 6.04 Å². The minimum absolute atomic E-state index is 0.0119. The first-order chi connectivity index (χ1) is 9.13. The van der Waals surface area contributed by atoms with E-state index in [2.05, 4.69) is 9.55 Å². The van der Waals surface area contributed by atoms with Gasteiger partial charge in [0.05, 0.1) is 6.61 Å². The smallest absolute Gasteiger partial charge is 0.242 e. The van der Waals surface area contributed by atoms with Crippen LogP contribution in [-0.4, -0.2) is 52.7 Å². The van der Waals surface area contributed by atoms with Crippen molar-refractivity contribution in [2.45, 2.75) is 38.4 Å². The molecule has 1 amide bonds. The molecular weight excluding hydrogens is 244 g/mol. The Labute approximate surface area is 113 Å². The standard InChI is InChI=1S/C13H22N4O2/c1-10-15-5-7-16(10)8-11-4-3-6-17(11)13(18)12(14)9-19-2/h5,7,11-12H,3-4,6,8-9,14H2,1-2H3. The molecule has 0 aliphatic carbocycles. The van der Waals surface area contributed by atoms with Crippen LogP contribution in [0.15, 0.2) is 12.4 Å². The topological polar surface area (TPSA) is 73.4 Å². The van der Waals surface area contributed by atoms with Gasteiger partial charge < -0.3 is 19.9 Å². The lowest BCUT2D eigenvalue weighted by molar-refractivity contribution is -0.134. The van der Waals surface area contributed by atoms with E-state index in [-0.39, 0.29) is 18.6 Å². The summed E-state index contributed by atoms with van der Waals surface area (Å²) in [5, 5.41) is 0. The first kappa shape index (κ1) is 14.0. The van der Waals surface area contributed by atoms with Gasteiger partial charge in [-0.3, -0.25) is 4.79 Å². The van der Waals surface area contributed by atoms with Crippen molar-refractivity contribution in [1.82, 2.24) is 14.5 Å². The van der Waals surface area contributed by atoms with E-state index in [9.17, 15) is 4.79 Å². The van der Waals surface area contributed by atoms with Crippen LogP contribution < -0.4 is 5.73 Å². The third-order valence-corrected chi connectivity index (χ3v) is 3.65. The van der Waals surface area contributed by atoms with Gasteiger partial charge >= 0.3 is 0 Å². The molecule has 6 nitrogen and oxygen atoms in total. The first-order valence-corrected chi connectivity index (χ1v) is 6.66. The minimum atomic E-state index is -0.561. The normalized spacial score (nSPS) is 20.8. The number of nitrogens with two attached hydrogens (primary N) is 1. The predicted octanol–water partition coefficient (Wildman–Crippen LogP) is 0.156. The number of rotatable bonds is 5. The highest BCUT2D eigenvalue weighted by atomic mass is 16.5. The number of aryl methyl sites for hydroxylation is 1. The Morgan fingerprint density at radius 2 is 2.47 bits per heavy atom. The van der Waals surface area contributed by atoms with Gasteiger partial charge in [0.25, 0.3) is 0 Å². The average Bonchev–Trinajstić information content (AvgIpc) is 2.99. The molecule has 1 fully saturated rings. The van der Waals surface area contributed by atoms with Crippen molar-refractivity contribution in [2.24, 2.45) is 5.73 Å². The van der Waals surface area contributed by atoms with Crippen LogP contribution in [0, 0.1) is 6.92 Å². The summed E-state index contributed by atoms with van der Waals surface area (Å²) in [5.74, 6) is 0.961. The van der Waals surface area contributed by atoms with E-state index in [1.54, 1.807) is 13.3 Å². The number of carbonyl (C=O) groups is 1. The number of hydrogen-bond donors (Lipinski definition) is 1. The van der Waals surface area contributed by atoms with Gasteiger partial charge in [-0.25, -0.2) is 4.98 Å². The SMILES string of the molecule is COCC(N)C(=O)N1CCCC1Cn1ccnc1C. The summed E-state index contributed by atoms with van der Waals surface area (Å²) in [6.45, 7) is 3.82. The van der Waals surface area contributed by atoms with Crippen LogP contribution in [0.3, 0.4) is 0 Å². The molecule has 0 spiro atoms. The Bertz CT molecular complexity index is 432. The number of carbonyl (C=O) groups excluding carboxylic acids is 1. The fraction of sp³-hybridized carbons (Fsp3) is 0.692. The largest absolute Gasteiger partial charge is 0.383 e. The quantitative estimate of drug-likeness (QED) is 0.823. The van der Waals surface area contributed by atoms with E-state index >= 15 is 0 Å². The Kier molecular flexibility index (Phi) is 4.55. The molecule has 6 heteroatoms. The van der Waals surface area contributed by atoms with Crippen LogP contribution >= 0.6 is 0 Å². The van der Waals surface area contributed by atoms with E-state index in [1.807, 2.05) is 18.0 Å². The molecule has 106 valence electrons. The molecular formula is C13H22N4O2. The zero-order chi connectivity index (χ0) is 13.8. The highest BCUT2D eigenvalue weighted by Gasteiger charge is 2.31. The van der Waals surface area contributed by atoms with Gasteiger partial charge in [0.15, 0.2) is 0 Å². The number of hydrogen-bond acceptors (Lipinski definition) is 4. The van der Waals surface area contributed by atoms with E-state index in [1.165, 1.54) is 0 Å². The van der Waals surface area contributed by atoms with Gasteiger partial charge in [0.2, 0.25) is 5.91 Å². The molecule has 1 aliphatic heterocycles. The number of nitrogens with zero attached hydrogens (tertiary/aromatic N) is 3. The monoisotopic (exact) mass is 266 g/mol. The highest BCUT2D eigenvalue weighted by molar-refractivity contribution is 5.82. The molecule has 0 saturated carbocycles. The fourth-order valence-corrected chi connectivity index (χ4v) is 2.60. The molecule has 0 radical (unpaired) electrons. The van der Waals surface area contributed by atoms with Gasteiger partial charge in [-0.1, -0.05) is 0 Å². The molecule has 0 bridgehead atoms. The molecule has 2 atom stereocenters. The van der Waals surface area contributed by atoms with Gasteiger partial charge in [0.1, 0.15) is 11.9 Å². The van der Waals surface area contributed by atoms with Crippen LogP contribution in [-0.2, 0) is 16.1 Å². The van der Waals surface area contributed by atoms with Gasteiger partial charge in [-0.2, -0.15) is 0 Å². The Hall–Kier alpha value is -1.40. The molecule has 1 aliphatic rings. The Balaban J connectivity index is 2.01.